The number of carbonyl (C=O) groups excluding carboxylic acids is 2. The zero-order valence-corrected chi connectivity index (χ0v) is 24.8. The van der Waals surface area contributed by atoms with Crippen LogP contribution in [0, 0.1) is 40.4 Å². The van der Waals surface area contributed by atoms with Crippen LogP contribution in [0.4, 0.5) is 9.59 Å². The molecule has 40 heavy (non-hydrogen) atoms. The van der Waals surface area contributed by atoms with Gasteiger partial charge in [0, 0.05) is 24.9 Å². The molecule has 5 rings (SSSR count). The van der Waals surface area contributed by atoms with Crippen LogP contribution in [-0.4, -0.2) is 68.9 Å². The lowest BCUT2D eigenvalue weighted by Gasteiger charge is -2.63. The largest absolute Gasteiger partial charge is 0.508 e. The third-order valence-electron chi connectivity index (χ3n) is 11.6. The molecule has 4 aliphatic carbocycles. The molecule has 11 atom stereocenters. The Hall–Kier alpha value is -1.84. The van der Waals surface area contributed by atoms with Crippen LogP contribution in [0.25, 0.3) is 0 Å². The first kappa shape index (κ1) is 29.6. The van der Waals surface area contributed by atoms with Gasteiger partial charge in [-0.05, 0) is 80.0 Å². The fourth-order valence-electron chi connectivity index (χ4n) is 9.46. The van der Waals surface area contributed by atoms with Crippen molar-refractivity contribution in [1.82, 2.24) is 0 Å². The Labute approximate surface area is 238 Å². The maximum absolute atomic E-state index is 12.4. The molecule has 9 nitrogen and oxygen atoms in total. The Kier molecular flexibility index (Phi) is 8.48. The van der Waals surface area contributed by atoms with Gasteiger partial charge in [-0.1, -0.05) is 32.9 Å². The van der Waals surface area contributed by atoms with Gasteiger partial charge in [-0.3, -0.25) is 0 Å². The molecule has 0 aromatic heterocycles. The van der Waals surface area contributed by atoms with E-state index in [-0.39, 0.29) is 36.4 Å². The normalized spacial score (nSPS) is 44.9. The van der Waals surface area contributed by atoms with E-state index in [1.54, 1.807) is 0 Å². The highest BCUT2D eigenvalue weighted by molar-refractivity contribution is 5.61. The minimum absolute atomic E-state index is 0.0686. The second kappa shape index (κ2) is 11.4. The van der Waals surface area contributed by atoms with Crippen LogP contribution in [0.3, 0.4) is 0 Å². The molecule has 1 aliphatic heterocycles. The van der Waals surface area contributed by atoms with E-state index in [9.17, 15) is 14.7 Å². The quantitative estimate of drug-likeness (QED) is 0.324. The van der Waals surface area contributed by atoms with Gasteiger partial charge in [-0.25, -0.2) is 9.59 Å². The molecule has 226 valence electrons. The van der Waals surface area contributed by atoms with Crippen LogP contribution in [0.2, 0.25) is 0 Å². The van der Waals surface area contributed by atoms with Crippen LogP contribution in [0.1, 0.15) is 78.6 Å². The predicted octanol–water partition coefficient (Wildman–Crippen LogP) is 5.63. The molecular formula is C31H48O9. The molecule has 5 aliphatic rings. The van der Waals surface area contributed by atoms with Gasteiger partial charge in [0.1, 0.15) is 12.2 Å². The highest BCUT2D eigenvalue weighted by atomic mass is 16.7. The SMILES string of the molecule is COC(=O)O[C@@H]1C[C@H](OC(=O)OC)[C@]2(C)[C@H]3CC[C@]4(C)[C@@H](C(C)COC5CCCCO5)CC[C@H]4[C@@H]3C=C[C@@]2(O)C1. The first-order valence-corrected chi connectivity index (χ1v) is 15.2. The average molecular weight is 565 g/mol. The molecule has 3 saturated carbocycles. The van der Waals surface area contributed by atoms with Crippen LogP contribution < -0.4 is 0 Å². The van der Waals surface area contributed by atoms with Crippen molar-refractivity contribution in [2.75, 3.05) is 27.4 Å². The van der Waals surface area contributed by atoms with E-state index in [0.29, 0.717) is 17.8 Å². The number of hydrogen-bond acceptors (Lipinski definition) is 9. The van der Waals surface area contributed by atoms with Gasteiger partial charge in [-0.2, -0.15) is 0 Å². The van der Waals surface area contributed by atoms with Crippen molar-refractivity contribution in [3.8, 4) is 0 Å². The fourth-order valence-corrected chi connectivity index (χ4v) is 9.46. The Bertz CT molecular complexity index is 962. The van der Waals surface area contributed by atoms with Crippen LogP contribution >= 0.6 is 0 Å². The molecule has 0 bridgehead atoms. The Morgan fingerprint density at radius 3 is 2.48 bits per heavy atom. The second-order valence-corrected chi connectivity index (χ2v) is 13.4. The van der Waals surface area contributed by atoms with Crippen molar-refractivity contribution in [3.63, 3.8) is 0 Å². The van der Waals surface area contributed by atoms with Crippen molar-refractivity contribution < 1.29 is 43.1 Å². The predicted molar refractivity (Wildman–Crippen MR) is 145 cm³/mol. The minimum Gasteiger partial charge on any atom is -0.438 e. The molecule has 0 aromatic rings. The van der Waals surface area contributed by atoms with Crippen LogP contribution in [0.15, 0.2) is 12.2 Å². The molecule has 1 heterocycles. The molecule has 0 aromatic carbocycles. The summed E-state index contributed by atoms with van der Waals surface area (Å²) >= 11 is 0. The van der Waals surface area contributed by atoms with Gasteiger partial charge in [0.15, 0.2) is 6.29 Å². The number of fused-ring (bicyclic) bond motifs is 5. The molecule has 2 unspecified atom stereocenters. The number of aliphatic hydroxyl groups is 1. The average Bonchev–Trinajstić information content (AvgIpc) is 3.30. The van der Waals surface area contributed by atoms with Crippen molar-refractivity contribution in [2.24, 2.45) is 40.4 Å². The third kappa shape index (κ3) is 5.04. The number of methoxy groups -OCH3 is 2. The standard InChI is InChI=1S/C31H48O9/c1-19(18-38-26-8-6-7-15-37-26)22-9-10-23-21-11-14-31(34)17-20(39-27(32)35-4)16-25(40-28(33)36-5)30(31,3)24(21)12-13-29(22,23)2/h11,14,19-26,34H,6-10,12-13,15-18H2,1-5H3/t19?,20-,21+,22-,23+,24+,25+,26?,29-,30+,31-/m1/s1. The van der Waals surface area contributed by atoms with Gasteiger partial charge in [0.25, 0.3) is 0 Å². The number of allylic oxidation sites excluding steroid dienone is 1. The van der Waals surface area contributed by atoms with Crippen LogP contribution in [-0.2, 0) is 28.4 Å². The van der Waals surface area contributed by atoms with E-state index in [1.807, 2.05) is 13.0 Å². The summed E-state index contributed by atoms with van der Waals surface area (Å²) in [6.07, 6.45) is 9.11. The lowest BCUT2D eigenvalue weighted by Crippen LogP contribution is -2.67. The van der Waals surface area contributed by atoms with Gasteiger partial charge >= 0.3 is 12.3 Å². The second-order valence-electron chi connectivity index (χ2n) is 13.4. The molecular weight excluding hydrogens is 516 g/mol. The molecule has 0 amide bonds. The van der Waals surface area contributed by atoms with Crippen molar-refractivity contribution >= 4 is 12.3 Å². The summed E-state index contributed by atoms with van der Waals surface area (Å²) in [6.45, 7) is 8.34. The van der Waals surface area contributed by atoms with Crippen molar-refractivity contribution in [1.29, 1.82) is 0 Å². The summed E-state index contributed by atoms with van der Waals surface area (Å²) in [5.41, 5.74) is -1.91. The summed E-state index contributed by atoms with van der Waals surface area (Å²) in [6, 6.07) is 0. The molecule has 0 spiro atoms. The van der Waals surface area contributed by atoms with Gasteiger partial charge in [-0.15, -0.1) is 0 Å². The van der Waals surface area contributed by atoms with Crippen molar-refractivity contribution in [2.45, 2.75) is 103 Å². The van der Waals surface area contributed by atoms with E-state index < -0.39 is 35.5 Å². The maximum Gasteiger partial charge on any atom is 0.508 e. The van der Waals surface area contributed by atoms with E-state index in [2.05, 4.69) is 19.9 Å². The summed E-state index contributed by atoms with van der Waals surface area (Å²) in [5.74, 6) is 1.81. The zero-order valence-electron chi connectivity index (χ0n) is 24.8. The number of carbonyl (C=O) groups is 2. The Morgan fingerprint density at radius 2 is 1.77 bits per heavy atom. The molecule has 4 fully saturated rings. The smallest absolute Gasteiger partial charge is 0.438 e. The lowest BCUT2D eigenvalue weighted by molar-refractivity contribution is -0.221. The maximum atomic E-state index is 12.4. The van der Waals surface area contributed by atoms with Gasteiger partial charge in [0.2, 0.25) is 0 Å². The van der Waals surface area contributed by atoms with Crippen LogP contribution in [0.5, 0.6) is 0 Å². The third-order valence-corrected chi connectivity index (χ3v) is 11.6. The molecule has 0 radical (unpaired) electrons. The Morgan fingerprint density at radius 1 is 1.02 bits per heavy atom. The van der Waals surface area contributed by atoms with Gasteiger partial charge in [0.05, 0.1) is 26.4 Å². The van der Waals surface area contributed by atoms with Crippen molar-refractivity contribution in [3.05, 3.63) is 12.2 Å². The first-order chi connectivity index (χ1) is 19.1. The summed E-state index contributed by atoms with van der Waals surface area (Å²) in [7, 11) is 2.53. The highest BCUT2D eigenvalue weighted by Crippen LogP contribution is 2.68. The topological polar surface area (TPSA) is 110 Å². The molecule has 9 heteroatoms. The number of ether oxygens (including phenoxy) is 6. The summed E-state index contributed by atoms with van der Waals surface area (Å²) < 4.78 is 32.9. The van der Waals surface area contributed by atoms with E-state index in [1.165, 1.54) is 20.6 Å². The fraction of sp³-hybridized carbons (Fsp3) is 0.871. The van der Waals surface area contributed by atoms with E-state index in [0.717, 1.165) is 51.7 Å². The molecule has 1 N–H and O–H groups in total. The minimum atomic E-state index is -1.31. The number of rotatable bonds is 6. The zero-order chi connectivity index (χ0) is 28.7. The van der Waals surface area contributed by atoms with E-state index >= 15 is 0 Å². The highest BCUT2D eigenvalue weighted by Gasteiger charge is 2.67. The first-order valence-electron chi connectivity index (χ1n) is 15.2. The molecule has 1 saturated heterocycles. The monoisotopic (exact) mass is 564 g/mol. The summed E-state index contributed by atoms with van der Waals surface area (Å²) in [5, 5.41) is 12.2. The Balaban J connectivity index is 1.37. The summed E-state index contributed by atoms with van der Waals surface area (Å²) in [4.78, 5) is 24.3. The number of hydrogen-bond donors (Lipinski definition) is 1. The van der Waals surface area contributed by atoms with Gasteiger partial charge < -0.3 is 33.5 Å². The lowest BCUT2D eigenvalue weighted by atomic mass is 9.44. The van der Waals surface area contributed by atoms with E-state index in [4.69, 9.17) is 28.4 Å².